The van der Waals surface area contributed by atoms with Crippen LogP contribution in [0.15, 0.2) is 24.3 Å². The van der Waals surface area contributed by atoms with Gasteiger partial charge in [0.2, 0.25) is 0 Å². The van der Waals surface area contributed by atoms with Gasteiger partial charge in [-0.15, -0.1) is 0 Å². The number of nitrogens with zero attached hydrogens (tertiary/aromatic N) is 1. The normalized spacial score (nSPS) is 20.2. The first kappa shape index (κ1) is 13.1. The van der Waals surface area contributed by atoms with E-state index < -0.39 is 11.5 Å². The molecular formula is C14H20N2O2. The number of benzene rings is 1. The van der Waals surface area contributed by atoms with Crippen LogP contribution in [-0.4, -0.2) is 27.6 Å². The Morgan fingerprint density at radius 2 is 1.94 bits per heavy atom. The number of carboxylic acid groups (broad SMARTS) is 1. The highest BCUT2D eigenvalue weighted by atomic mass is 16.4. The molecule has 0 bridgehead atoms. The summed E-state index contributed by atoms with van der Waals surface area (Å²) in [6, 6.07) is 8.49. The van der Waals surface area contributed by atoms with Crippen LogP contribution in [0.5, 0.6) is 0 Å². The summed E-state index contributed by atoms with van der Waals surface area (Å²) >= 11 is 0. The van der Waals surface area contributed by atoms with Gasteiger partial charge in [0.1, 0.15) is 5.54 Å². The Morgan fingerprint density at radius 1 is 1.44 bits per heavy atom. The van der Waals surface area contributed by atoms with E-state index in [0.29, 0.717) is 6.42 Å². The molecule has 0 saturated heterocycles. The average Bonchev–Trinajstić information content (AvgIpc) is 2.71. The van der Waals surface area contributed by atoms with Gasteiger partial charge in [-0.25, -0.2) is 0 Å². The predicted octanol–water partition coefficient (Wildman–Crippen LogP) is 1.58. The fourth-order valence-electron chi connectivity index (χ4n) is 2.50. The molecule has 0 radical (unpaired) electrons. The Balaban J connectivity index is 2.01. The van der Waals surface area contributed by atoms with Gasteiger partial charge >= 0.3 is 5.97 Å². The predicted molar refractivity (Wildman–Crippen MR) is 70.0 cm³/mol. The highest BCUT2D eigenvalue weighted by Gasteiger charge is 2.33. The van der Waals surface area contributed by atoms with Crippen LogP contribution in [0.2, 0.25) is 0 Å². The minimum Gasteiger partial charge on any atom is -0.480 e. The van der Waals surface area contributed by atoms with Crippen LogP contribution in [0.25, 0.3) is 0 Å². The zero-order valence-corrected chi connectivity index (χ0v) is 10.9. The molecule has 4 nitrogen and oxygen atoms in total. The molecule has 98 valence electrons. The molecule has 2 unspecified atom stereocenters. The Labute approximate surface area is 107 Å². The van der Waals surface area contributed by atoms with Gasteiger partial charge in [0.05, 0.1) is 0 Å². The van der Waals surface area contributed by atoms with Crippen LogP contribution in [0.1, 0.15) is 31.4 Å². The maximum atomic E-state index is 11.0. The van der Waals surface area contributed by atoms with Crippen molar-refractivity contribution in [3.05, 3.63) is 35.4 Å². The van der Waals surface area contributed by atoms with Gasteiger partial charge in [-0.3, -0.25) is 9.69 Å². The standard InChI is InChI=1S/C14H20N2O2/c1-10(7-14(2,15)13(17)18)16-8-11-5-3-4-6-12(11)9-16/h3-6,10H,7-9,15H2,1-2H3,(H,17,18). The van der Waals surface area contributed by atoms with Gasteiger partial charge in [0.15, 0.2) is 0 Å². The van der Waals surface area contributed by atoms with Gasteiger partial charge in [-0.05, 0) is 31.4 Å². The third-order valence-electron chi connectivity index (χ3n) is 3.70. The van der Waals surface area contributed by atoms with Crippen LogP contribution >= 0.6 is 0 Å². The number of carboxylic acids is 1. The van der Waals surface area contributed by atoms with E-state index in [1.165, 1.54) is 11.1 Å². The first-order chi connectivity index (χ1) is 8.40. The van der Waals surface area contributed by atoms with Crippen molar-refractivity contribution in [1.82, 2.24) is 4.90 Å². The van der Waals surface area contributed by atoms with Gasteiger partial charge in [-0.1, -0.05) is 24.3 Å². The largest absolute Gasteiger partial charge is 0.480 e. The molecule has 1 aliphatic heterocycles. The molecule has 1 aromatic rings. The van der Waals surface area contributed by atoms with Crippen molar-refractivity contribution in [1.29, 1.82) is 0 Å². The molecule has 0 aliphatic carbocycles. The molecule has 1 aromatic carbocycles. The fraction of sp³-hybridized carbons (Fsp3) is 0.500. The van der Waals surface area contributed by atoms with Crippen LogP contribution < -0.4 is 5.73 Å². The summed E-state index contributed by atoms with van der Waals surface area (Å²) in [5.74, 6) is -0.939. The fourth-order valence-corrected chi connectivity index (χ4v) is 2.50. The molecule has 1 heterocycles. The molecule has 3 N–H and O–H groups in total. The molecule has 0 amide bonds. The quantitative estimate of drug-likeness (QED) is 0.849. The van der Waals surface area contributed by atoms with Gasteiger partial charge in [0, 0.05) is 19.1 Å². The molecule has 0 spiro atoms. The minimum atomic E-state index is -1.16. The summed E-state index contributed by atoms with van der Waals surface area (Å²) < 4.78 is 0. The van der Waals surface area contributed by atoms with Crippen LogP contribution in [0, 0.1) is 0 Å². The highest BCUT2D eigenvalue weighted by Crippen LogP contribution is 2.26. The summed E-state index contributed by atoms with van der Waals surface area (Å²) in [5.41, 5.74) is 7.31. The SMILES string of the molecule is CC(CC(C)(N)C(=O)O)N1Cc2ccccc2C1. The number of nitrogens with two attached hydrogens (primary N) is 1. The molecule has 2 rings (SSSR count). The minimum absolute atomic E-state index is 0.156. The smallest absolute Gasteiger partial charge is 0.323 e. The van der Waals surface area contributed by atoms with Gasteiger partial charge < -0.3 is 10.8 Å². The lowest BCUT2D eigenvalue weighted by Gasteiger charge is -2.29. The molecule has 2 atom stereocenters. The first-order valence-corrected chi connectivity index (χ1v) is 6.23. The number of hydrogen-bond acceptors (Lipinski definition) is 3. The highest BCUT2D eigenvalue weighted by molar-refractivity contribution is 5.77. The molecule has 4 heteroatoms. The van der Waals surface area contributed by atoms with Crippen molar-refractivity contribution in [2.24, 2.45) is 5.73 Å². The second kappa shape index (κ2) is 4.71. The summed E-state index contributed by atoms with van der Waals surface area (Å²) in [6.07, 6.45) is 0.455. The lowest BCUT2D eigenvalue weighted by Crippen LogP contribution is -2.49. The maximum Gasteiger partial charge on any atom is 0.323 e. The van der Waals surface area contributed by atoms with Crippen LogP contribution in [-0.2, 0) is 17.9 Å². The van der Waals surface area contributed by atoms with Crippen LogP contribution in [0.4, 0.5) is 0 Å². The van der Waals surface area contributed by atoms with E-state index in [1.807, 2.05) is 19.1 Å². The summed E-state index contributed by atoms with van der Waals surface area (Å²) in [7, 11) is 0. The van der Waals surface area contributed by atoms with E-state index in [0.717, 1.165) is 13.1 Å². The number of hydrogen-bond donors (Lipinski definition) is 2. The second-order valence-corrected chi connectivity index (χ2v) is 5.45. The number of aliphatic carboxylic acids is 1. The molecule has 0 aromatic heterocycles. The third-order valence-corrected chi connectivity index (χ3v) is 3.70. The molecular weight excluding hydrogens is 228 g/mol. The lowest BCUT2D eigenvalue weighted by molar-refractivity contribution is -0.143. The summed E-state index contributed by atoms with van der Waals surface area (Å²) in [5, 5.41) is 9.06. The molecule has 18 heavy (non-hydrogen) atoms. The Bertz CT molecular complexity index is 432. The van der Waals surface area contributed by atoms with Gasteiger partial charge in [0.25, 0.3) is 0 Å². The Hall–Kier alpha value is -1.39. The zero-order valence-electron chi connectivity index (χ0n) is 10.9. The maximum absolute atomic E-state index is 11.0. The van der Waals surface area contributed by atoms with Crippen molar-refractivity contribution in [2.45, 2.75) is 44.9 Å². The lowest BCUT2D eigenvalue weighted by atomic mass is 9.94. The summed E-state index contributed by atoms with van der Waals surface area (Å²) in [6.45, 7) is 5.38. The molecule has 0 saturated carbocycles. The van der Waals surface area contributed by atoms with E-state index in [1.54, 1.807) is 6.92 Å². The van der Waals surface area contributed by atoms with Crippen molar-refractivity contribution in [3.8, 4) is 0 Å². The second-order valence-electron chi connectivity index (χ2n) is 5.45. The van der Waals surface area contributed by atoms with Crippen LogP contribution in [0.3, 0.4) is 0 Å². The average molecular weight is 248 g/mol. The summed E-state index contributed by atoms with van der Waals surface area (Å²) in [4.78, 5) is 13.3. The monoisotopic (exact) mass is 248 g/mol. The van der Waals surface area contributed by atoms with Crippen molar-refractivity contribution >= 4 is 5.97 Å². The van der Waals surface area contributed by atoms with E-state index in [2.05, 4.69) is 17.0 Å². The van der Waals surface area contributed by atoms with Crippen molar-refractivity contribution < 1.29 is 9.90 Å². The number of fused-ring (bicyclic) bond motifs is 1. The topological polar surface area (TPSA) is 66.6 Å². The van der Waals surface area contributed by atoms with E-state index in [4.69, 9.17) is 10.8 Å². The molecule has 0 fully saturated rings. The Kier molecular flexibility index (Phi) is 3.41. The Morgan fingerprint density at radius 3 is 2.39 bits per heavy atom. The van der Waals surface area contributed by atoms with E-state index in [-0.39, 0.29) is 6.04 Å². The number of carbonyl (C=O) groups is 1. The van der Waals surface area contributed by atoms with Crippen molar-refractivity contribution in [3.63, 3.8) is 0 Å². The van der Waals surface area contributed by atoms with E-state index in [9.17, 15) is 4.79 Å². The third kappa shape index (κ3) is 2.54. The molecule has 1 aliphatic rings. The zero-order chi connectivity index (χ0) is 13.3. The van der Waals surface area contributed by atoms with Crippen molar-refractivity contribution in [2.75, 3.05) is 0 Å². The number of rotatable bonds is 4. The van der Waals surface area contributed by atoms with Gasteiger partial charge in [-0.2, -0.15) is 0 Å². The van der Waals surface area contributed by atoms with E-state index >= 15 is 0 Å². The first-order valence-electron chi connectivity index (χ1n) is 6.23.